The summed E-state index contributed by atoms with van der Waals surface area (Å²) in [6, 6.07) is 8.98. The predicted octanol–water partition coefficient (Wildman–Crippen LogP) is 3.50. The number of aromatic nitrogens is 1. The maximum Gasteiger partial charge on any atom is 0.0582 e. The first kappa shape index (κ1) is 14.3. The number of para-hydroxylation sites is 1. The quantitative estimate of drug-likeness (QED) is 0.891. The highest BCUT2D eigenvalue weighted by molar-refractivity contribution is 5.85. The Morgan fingerprint density at radius 2 is 2.14 bits per heavy atom. The van der Waals surface area contributed by atoms with E-state index in [4.69, 9.17) is 0 Å². The summed E-state index contributed by atoms with van der Waals surface area (Å²) in [5.74, 6) is 0.475. The van der Waals surface area contributed by atoms with Crippen LogP contribution in [0.2, 0.25) is 0 Å². The highest BCUT2D eigenvalue weighted by atomic mass is 16.3. The minimum Gasteiger partial charge on any atom is -0.396 e. The van der Waals surface area contributed by atoms with Crippen LogP contribution in [0.3, 0.4) is 0 Å². The summed E-state index contributed by atoms with van der Waals surface area (Å²) >= 11 is 0. The van der Waals surface area contributed by atoms with Gasteiger partial charge in [0.2, 0.25) is 0 Å². The second-order valence-corrected chi connectivity index (χ2v) is 7.40. The van der Waals surface area contributed by atoms with Crippen LogP contribution < -0.4 is 0 Å². The number of aromatic amines is 1. The molecule has 2 aromatic rings. The van der Waals surface area contributed by atoms with E-state index in [1.165, 1.54) is 28.6 Å². The van der Waals surface area contributed by atoms with Gasteiger partial charge in [0.05, 0.1) is 12.6 Å². The first-order valence-corrected chi connectivity index (χ1v) is 8.62. The van der Waals surface area contributed by atoms with Crippen LogP contribution in [0.5, 0.6) is 0 Å². The van der Waals surface area contributed by atoms with E-state index in [2.05, 4.69) is 48.0 Å². The maximum atomic E-state index is 10.3. The molecule has 0 bridgehead atoms. The molecule has 3 heteroatoms. The molecule has 0 saturated carbocycles. The molecule has 1 aromatic carbocycles. The fraction of sp³-hybridized carbons (Fsp3) is 0.579. The minimum atomic E-state index is -0.0195. The Bertz CT molecular complexity index is 690. The zero-order valence-corrected chi connectivity index (χ0v) is 13.6. The van der Waals surface area contributed by atoms with Crippen molar-refractivity contribution in [3.63, 3.8) is 0 Å². The molecule has 0 spiro atoms. The zero-order valence-electron chi connectivity index (χ0n) is 13.6. The molecule has 2 atom stereocenters. The van der Waals surface area contributed by atoms with Crippen LogP contribution in [-0.2, 0) is 6.42 Å². The Kier molecular flexibility index (Phi) is 3.31. The topological polar surface area (TPSA) is 39.3 Å². The second kappa shape index (κ2) is 5.10. The van der Waals surface area contributed by atoms with E-state index in [0.717, 1.165) is 25.9 Å². The molecular formula is C19H26N2O. The average molecular weight is 298 g/mol. The first-order chi connectivity index (χ1) is 10.7. The number of piperidine rings is 1. The van der Waals surface area contributed by atoms with E-state index in [0.29, 0.717) is 12.0 Å². The van der Waals surface area contributed by atoms with E-state index in [1.54, 1.807) is 0 Å². The van der Waals surface area contributed by atoms with Gasteiger partial charge in [-0.15, -0.1) is 0 Å². The van der Waals surface area contributed by atoms with Crippen molar-refractivity contribution in [3.05, 3.63) is 35.5 Å². The number of aliphatic hydroxyl groups excluding tert-OH is 1. The Morgan fingerprint density at radius 1 is 1.32 bits per heavy atom. The van der Waals surface area contributed by atoms with E-state index >= 15 is 0 Å². The number of nitrogens with zero attached hydrogens (tertiary/aromatic N) is 1. The Morgan fingerprint density at radius 3 is 2.91 bits per heavy atom. The number of H-pyrrole nitrogens is 1. The molecule has 2 aliphatic rings. The molecule has 2 aliphatic heterocycles. The molecule has 0 radical (unpaired) electrons. The van der Waals surface area contributed by atoms with Crippen molar-refractivity contribution in [2.75, 3.05) is 19.7 Å². The van der Waals surface area contributed by atoms with Crippen LogP contribution in [0.25, 0.3) is 10.9 Å². The predicted molar refractivity (Wildman–Crippen MR) is 89.9 cm³/mol. The number of nitrogens with one attached hydrogen (secondary N) is 1. The molecule has 3 heterocycles. The molecule has 1 aromatic heterocycles. The average Bonchev–Trinajstić information content (AvgIpc) is 2.92. The molecule has 118 valence electrons. The van der Waals surface area contributed by atoms with E-state index in [9.17, 15) is 5.11 Å². The number of rotatable bonds is 2. The van der Waals surface area contributed by atoms with Crippen LogP contribution in [-0.4, -0.2) is 34.7 Å². The largest absolute Gasteiger partial charge is 0.396 e. The van der Waals surface area contributed by atoms with Crippen LogP contribution >= 0.6 is 0 Å². The molecule has 3 nitrogen and oxygen atoms in total. The van der Waals surface area contributed by atoms with E-state index < -0.39 is 0 Å². The third-order valence-electron chi connectivity index (χ3n) is 6.21. The number of hydrogen-bond donors (Lipinski definition) is 2. The van der Waals surface area contributed by atoms with Gasteiger partial charge in [-0.05, 0) is 43.4 Å². The third kappa shape index (κ3) is 1.82. The van der Waals surface area contributed by atoms with Crippen molar-refractivity contribution >= 4 is 10.9 Å². The van der Waals surface area contributed by atoms with Crippen molar-refractivity contribution in [2.24, 2.45) is 11.3 Å². The zero-order chi connectivity index (χ0) is 15.3. The smallest absolute Gasteiger partial charge is 0.0582 e. The second-order valence-electron chi connectivity index (χ2n) is 7.40. The molecular weight excluding hydrogens is 272 g/mol. The lowest BCUT2D eigenvalue weighted by Gasteiger charge is -2.53. The number of aliphatic hydroxyl groups is 1. The lowest BCUT2D eigenvalue weighted by molar-refractivity contribution is -0.0653. The fourth-order valence-electron chi connectivity index (χ4n) is 4.88. The Balaban J connectivity index is 1.92. The van der Waals surface area contributed by atoms with E-state index in [-0.39, 0.29) is 12.0 Å². The maximum absolute atomic E-state index is 10.3. The van der Waals surface area contributed by atoms with Gasteiger partial charge in [0.25, 0.3) is 0 Å². The van der Waals surface area contributed by atoms with Gasteiger partial charge in [-0.1, -0.05) is 32.0 Å². The molecule has 0 unspecified atom stereocenters. The number of hydrogen-bond acceptors (Lipinski definition) is 2. The lowest BCUT2D eigenvalue weighted by atomic mass is 9.64. The van der Waals surface area contributed by atoms with Crippen LogP contribution in [0, 0.1) is 11.3 Å². The summed E-state index contributed by atoms with van der Waals surface area (Å²) in [5.41, 5.74) is 4.08. The van der Waals surface area contributed by atoms with Gasteiger partial charge in [-0.2, -0.15) is 0 Å². The van der Waals surface area contributed by atoms with Gasteiger partial charge in [-0.25, -0.2) is 0 Å². The van der Waals surface area contributed by atoms with Crippen molar-refractivity contribution in [3.8, 4) is 0 Å². The highest BCUT2D eigenvalue weighted by Gasteiger charge is 2.49. The summed E-state index contributed by atoms with van der Waals surface area (Å²) < 4.78 is 0. The summed E-state index contributed by atoms with van der Waals surface area (Å²) in [5, 5.41) is 11.7. The number of benzene rings is 1. The number of fused-ring (bicyclic) bond motifs is 5. The molecule has 0 amide bonds. The first-order valence-electron chi connectivity index (χ1n) is 8.62. The standard InChI is InChI=1S/C19H26N2O/c1-13(2)19(12-22)9-5-10-21-11-8-15-14-6-3-4-7-16(14)20-17(15)18(19)21/h3-4,6-7,13,18,20,22H,5,8-12H2,1-2H3/t18-,19-/m0/s1. The van der Waals surface area contributed by atoms with Crippen LogP contribution in [0.15, 0.2) is 24.3 Å². The molecule has 1 fully saturated rings. The molecule has 1 saturated heterocycles. The van der Waals surface area contributed by atoms with Gasteiger partial charge in [-0.3, -0.25) is 4.90 Å². The summed E-state index contributed by atoms with van der Waals surface area (Å²) in [7, 11) is 0. The molecule has 4 rings (SSSR count). The monoisotopic (exact) mass is 298 g/mol. The van der Waals surface area contributed by atoms with Gasteiger partial charge in [0.1, 0.15) is 0 Å². The Labute approximate surface area is 132 Å². The molecule has 22 heavy (non-hydrogen) atoms. The summed E-state index contributed by atoms with van der Waals surface area (Å²) in [6.07, 6.45) is 3.44. The van der Waals surface area contributed by atoms with Crippen molar-refractivity contribution in [1.82, 2.24) is 9.88 Å². The molecule has 2 N–H and O–H groups in total. The normalized spacial score (nSPS) is 28.8. The summed E-state index contributed by atoms with van der Waals surface area (Å²) in [4.78, 5) is 6.31. The SMILES string of the molecule is CC(C)[C@@]1(CO)CCCN2CCc3c([nH]c4ccccc34)[C@H]21. The highest BCUT2D eigenvalue weighted by Crippen LogP contribution is 2.53. The van der Waals surface area contributed by atoms with Gasteiger partial charge in [0.15, 0.2) is 0 Å². The van der Waals surface area contributed by atoms with Gasteiger partial charge < -0.3 is 10.1 Å². The van der Waals surface area contributed by atoms with Crippen molar-refractivity contribution < 1.29 is 5.11 Å². The van der Waals surface area contributed by atoms with Crippen molar-refractivity contribution in [2.45, 2.75) is 39.2 Å². The molecule has 0 aliphatic carbocycles. The third-order valence-corrected chi connectivity index (χ3v) is 6.21. The van der Waals surface area contributed by atoms with Gasteiger partial charge >= 0.3 is 0 Å². The van der Waals surface area contributed by atoms with Crippen LogP contribution in [0.4, 0.5) is 0 Å². The van der Waals surface area contributed by atoms with E-state index in [1.807, 2.05) is 0 Å². The lowest BCUT2D eigenvalue weighted by Crippen LogP contribution is -2.53. The fourth-order valence-corrected chi connectivity index (χ4v) is 4.88. The van der Waals surface area contributed by atoms with Crippen molar-refractivity contribution in [1.29, 1.82) is 0 Å². The summed E-state index contributed by atoms with van der Waals surface area (Å²) in [6.45, 7) is 7.11. The van der Waals surface area contributed by atoms with Gasteiger partial charge in [0, 0.05) is 28.6 Å². The Hall–Kier alpha value is -1.32. The van der Waals surface area contributed by atoms with Crippen LogP contribution in [0.1, 0.15) is 44.0 Å². The minimum absolute atomic E-state index is 0.0195.